The highest BCUT2D eigenvalue weighted by atomic mass is 16.5. The van der Waals surface area contributed by atoms with Crippen LogP contribution in [0, 0.1) is 5.41 Å². The molecule has 19 heavy (non-hydrogen) atoms. The smallest absolute Gasteiger partial charge is 0.123 e. The normalized spacial score (nSPS) is 18.4. The molecule has 1 aromatic carbocycles. The first kappa shape index (κ1) is 14.4. The van der Waals surface area contributed by atoms with Gasteiger partial charge in [0.1, 0.15) is 5.75 Å². The van der Waals surface area contributed by atoms with Gasteiger partial charge in [0.15, 0.2) is 0 Å². The minimum Gasteiger partial charge on any atom is -0.496 e. The third-order valence-electron chi connectivity index (χ3n) is 4.34. The fourth-order valence-corrected chi connectivity index (χ4v) is 2.83. The van der Waals surface area contributed by atoms with Gasteiger partial charge in [-0.15, -0.1) is 0 Å². The lowest BCUT2D eigenvalue weighted by Gasteiger charge is -2.27. The van der Waals surface area contributed by atoms with Crippen LogP contribution in [0.5, 0.6) is 5.75 Å². The van der Waals surface area contributed by atoms with E-state index in [9.17, 15) is 5.11 Å². The fourth-order valence-electron chi connectivity index (χ4n) is 2.83. The highest BCUT2D eigenvalue weighted by molar-refractivity contribution is 5.42. The second kappa shape index (κ2) is 5.51. The van der Waals surface area contributed by atoms with Crippen LogP contribution >= 0.6 is 0 Å². The summed E-state index contributed by atoms with van der Waals surface area (Å²) in [5, 5.41) is 13.1. The van der Waals surface area contributed by atoms with Crippen LogP contribution in [-0.2, 0) is 0 Å². The lowest BCUT2D eigenvalue weighted by atomic mass is 9.88. The maximum Gasteiger partial charge on any atom is 0.123 e. The summed E-state index contributed by atoms with van der Waals surface area (Å²) in [6.07, 6.45) is 2.15. The van der Waals surface area contributed by atoms with Crippen molar-refractivity contribution in [2.45, 2.75) is 38.6 Å². The molecule has 106 valence electrons. The molecule has 2 rings (SSSR count). The summed E-state index contributed by atoms with van der Waals surface area (Å²) in [5.41, 5.74) is 2.48. The van der Waals surface area contributed by atoms with Crippen molar-refractivity contribution >= 4 is 0 Å². The van der Waals surface area contributed by atoms with E-state index in [4.69, 9.17) is 4.74 Å². The van der Waals surface area contributed by atoms with Crippen molar-refractivity contribution in [3.8, 4) is 5.75 Å². The molecule has 1 aliphatic carbocycles. The van der Waals surface area contributed by atoms with Crippen LogP contribution in [-0.4, -0.2) is 25.9 Å². The zero-order chi connectivity index (χ0) is 14.0. The molecule has 0 aromatic heterocycles. The van der Waals surface area contributed by atoms with E-state index in [1.165, 1.54) is 11.1 Å². The van der Waals surface area contributed by atoms with Crippen LogP contribution in [0.1, 0.15) is 49.8 Å². The maximum absolute atomic E-state index is 9.68. The molecule has 1 saturated carbocycles. The van der Waals surface area contributed by atoms with Crippen molar-refractivity contribution < 1.29 is 9.84 Å². The molecule has 0 aliphatic heterocycles. The highest BCUT2D eigenvalue weighted by Gasteiger charge is 2.49. The quantitative estimate of drug-likeness (QED) is 0.829. The standard InChI is InChI=1S/C16H25NO2/c1-11(2)12-5-6-14(19-4)13(9-12)15(17-3)16(10-18)7-8-16/h5-6,9,11,15,17-18H,7-8,10H2,1-4H3. The molecular weight excluding hydrogens is 238 g/mol. The largest absolute Gasteiger partial charge is 0.496 e. The van der Waals surface area contributed by atoms with E-state index in [-0.39, 0.29) is 18.1 Å². The SMILES string of the molecule is CNC(c1cc(C(C)C)ccc1OC)C1(CO)CC1. The Morgan fingerprint density at radius 1 is 1.37 bits per heavy atom. The topological polar surface area (TPSA) is 41.5 Å². The molecule has 1 aromatic rings. The first-order chi connectivity index (χ1) is 9.07. The average molecular weight is 263 g/mol. The van der Waals surface area contributed by atoms with Gasteiger partial charge in [0, 0.05) is 17.0 Å². The molecule has 1 aliphatic rings. The minimum atomic E-state index is -0.00235. The van der Waals surface area contributed by atoms with Gasteiger partial charge in [-0.05, 0) is 37.4 Å². The number of benzene rings is 1. The molecule has 0 amide bonds. The third-order valence-corrected chi connectivity index (χ3v) is 4.34. The summed E-state index contributed by atoms with van der Waals surface area (Å²) in [6.45, 7) is 4.62. The minimum absolute atomic E-state index is 0.00235. The molecule has 1 atom stereocenters. The number of aliphatic hydroxyl groups is 1. The van der Waals surface area contributed by atoms with Crippen molar-refractivity contribution in [2.24, 2.45) is 5.41 Å². The summed E-state index contributed by atoms with van der Waals surface area (Å²) in [5.74, 6) is 1.40. The van der Waals surface area contributed by atoms with E-state index < -0.39 is 0 Å². The zero-order valence-electron chi connectivity index (χ0n) is 12.4. The Balaban J connectivity index is 2.42. The van der Waals surface area contributed by atoms with Gasteiger partial charge in [-0.2, -0.15) is 0 Å². The highest BCUT2D eigenvalue weighted by Crippen LogP contribution is 2.55. The Kier molecular flexibility index (Phi) is 4.16. The molecule has 0 bridgehead atoms. The number of methoxy groups -OCH3 is 1. The molecule has 0 radical (unpaired) electrons. The number of ether oxygens (including phenoxy) is 1. The summed E-state index contributed by atoms with van der Waals surface area (Å²) in [4.78, 5) is 0. The van der Waals surface area contributed by atoms with Crippen molar-refractivity contribution in [2.75, 3.05) is 20.8 Å². The lowest BCUT2D eigenvalue weighted by molar-refractivity contribution is 0.174. The molecule has 1 unspecified atom stereocenters. The molecule has 0 heterocycles. The van der Waals surface area contributed by atoms with Gasteiger partial charge in [-0.25, -0.2) is 0 Å². The lowest BCUT2D eigenvalue weighted by Crippen LogP contribution is -2.29. The van der Waals surface area contributed by atoms with E-state index >= 15 is 0 Å². The predicted octanol–water partition coefficient (Wildman–Crippen LogP) is 2.85. The fraction of sp³-hybridized carbons (Fsp3) is 0.625. The van der Waals surface area contributed by atoms with E-state index in [0.717, 1.165) is 18.6 Å². The Morgan fingerprint density at radius 2 is 2.05 bits per heavy atom. The molecule has 0 saturated heterocycles. The van der Waals surface area contributed by atoms with Gasteiger partial charge < -0.3 is 15.2 Å². The number of hydrogen-bond donors (Lipinski definition) is 2. The molecule has 2 N–H and O–H groups in total. The van der Waals surface area contributed by atoms with Crippen LogP contribution in [0.3, 0.4) is 0 Å². The monoisotopic (exact) mass is 263 g/mol. The molecule has 3 heteroatoms. The zero-order valence-corrected chi connectivity index (χ0v) is 12.4. The Bertz CT molecular complexity index is 438. The van der Waals surface area contributed by atoms with Crippen LogP contribution in [0.2, 0.25) is 0 Å². The molecular formula is C16H25NO2. The summed E-state index contributed by atoms with van der Waals surface area (Å²) in [7, 11) is 3.67. The molecule has 1 fully saturated rings. The van der Waals surface area contributed by atoms with Crippen LogP contribution in [0.15, 0.2) is 18.2 Å². The van der Waals surface area contributed by atoms with E-state index in [1.54, 1.807) is 7.11 Å². The number of aliphatic hydroxyl groups excluding tert-OH is 1. The Labute approximate surface area is 116 Å². The van der Waals surface area contributed by atoms with Crippen LogP contribution in [0.25, 0.3) is 0 Å². The van der Waals surface area contributed by atoms with Gasteiger partial charge >= 0.3 is 0 Å². The third kappa shape index (κ3) is 2.63. The van der Waals surface area contributed by atoms with Gasteiger partial charge in [0.25, 0.3) is 0 Å². The summed E-state index contributed by atoms with van der Waals surface area (Å²) in [6, 6.07) is 6.55. The van der Waals surface area contributed by atoms with E-state index in [1.807, 2.05) is 13.1 Å². The maximum atomic E-state index is 9.68. The van der Waals surface area contributed by atoms with Crippen molar-refractivity contribution in [1.82, 2.24) is 5.32 Å². The van der Waals surface area contributed by atoms with Gasteiger partial charge in [-0.1, -0.05) is 26.0 Å². The van der Waals surface area contributed by atoms with Crippen LogP contribution < -0.4 is 10.1 Å². The first-order valence-corrected chi connectivity index (χ1v) is 7.04. The second-order valence-corrected chi connectivity index (χ2v) is 5.90. The van der Waals surface area contributed by atoms with Crippen LogP contribution in [0.4, 0.5) is 0 Å². The summed E-state index contributed by atoms with van der Waals surface area (Å²) >= 11 is 0. The van der Waals surface area contributed by atoms with Crippen molar-refractivity contribution in [1.29, 1.82) is 0 Å². The van der Waals surface area contributed by atoms with Gasteiger partial charge in [0.2, 0.25) is 0 Å². The average Bonchev–Trinajstić information content (AvgIpc) is 3.20. The Hall–Kier alpha value is -1.06. The Morgan fingerprint density at radius 3 is 2.47 bits per heavy atom. The first-order valence-electron chi connectivity index (χ1n) is 7.04. The predicted molar refractivity (Wildman–Crippen MR) is 77.6 cm³/mol. The molecule has 3 nitrogen and oxygen atoms in total. The van der Waals surface area contributed by atoms with Gasteiger partial charge in [0.05, 0.1) is 13.7 Å². The number of hydrogen-bond acceptors (Lipinski definition) is 3. The van der Waals surface area contributed by atoms with Gasteiger partial charge in [-0.3, -0.25) is 0 Å². The number of nitrogens with one attached hydrogen (secondary N) is 1. The van der Waals surface area contributed by atoms with Crippen molar-refractivity contribution in [3.05, 3.63) is 29.3 Å². The molecule has 0 spiro atoms. The second-order valence-electron chi connectivity index (χ2n) is 5.90. The van der Waals surface area contributed by atoms with E-state index in [2.05, 4.69) is 31.3 Å². The number of rotatable bonds is 6. The van der Waals surface area contributed by atoms with Crippen molar-refractivity contribution in [3.63, 3.8) is 0 Å². The summed E-state index contributed by atoms with van der Waals surface area (Å²) < 4.78 is 5.51. The van der Waals surface area contributed by atoms with E-state index in [0.29, 0.717) is 5.92 Å².